The first-order valence-electron chi connectivity index (χ1n) is 5.59. The third-order valence-corrected chi connectivity index (χ3v) is 2.22. The molecule has 0 bridgehead atoms. The maximum atomic E-state index is 12.8. The molecular weight excluding hydrogens is 210 g/mol. The summed E-state index contributed by atoms with van der Waals surface area (Å²) in [6.07, 6.45) is 1.11. The van der Waals surface area contributed by atoms with Gasteiger partial charge in [-0.15, -0.1) is 0 Å². The number of halogens is 2. The molecule has 1 aromatic rings. The molecule has 1 aromatic carbocycles. The Bertz CT molecular complexity index is 316. The van der Waals surface area contributed by atoms with Gasteiger partial charge < -0.3 is 10.6 Å². The molecule has 0 aliphatic carbocycles. The summed E-state index contributed by atoms with van der Waals surface area (Å²) < 4.78 is 25.5. The van der Waals surface area contributed by atoms with E-state index in [0.717, 1.165) is 37.7 Å². The van der Waals surface area contributed by atoms with Crippen LogP contribution in [0, 0.1) is 11.6 Å². The molecule has 0 amide bonds. The minimum absolute atomic E-state index is 0.561. The molecule has 0 fully saturated rings. The van der Waals surface area contributed by atoms with Gasteiger partial charge in [-0.2, -0.15) is 0 Å². The highest BCUT2D eigenvalue weighted by Gasteiger charge is 2.01. The van der Waals surface area contributed by atoms with Crippen LogP contribution in [0.25, 0.3) is 0 Å². The summed E-state index contributed by atoms with van der Waals surface area (Å²) in [5.41, 5.74) is 0.759. The summed E-state index contributed by atoms with van der Waals surface area (Å²) in [7, 11) is 0. The second-order valence-corrected chi connectivity index (χ2v) is 3.68. The van der Waals surface area contributed by atoms with Crippen LogP contribution < -0.4 is 10.6 Å². The number of benzene rings is 1. The van der Waals surface area contributed by atoms with E-state index in [-0.39, 0.29) is 0 Å². The van der Waals surface area contributed by atoms with Crippen LogP contribution >= 0.6 is 0 Å². The number of rotatable bonds is 7. The molecule has 90 valence electrons. The fourth-order valence-electron chi connectivity index (χ4n) is 1.36. The van der Waals surface area contributed by atoms with Crippen molar-refractivity contribution in [2.24, 2.45) is 0 Å². The average molecular weight is 228 g/mol. The molecule has 0 saturated carbocycles. The Balaban J connectivity index is 2.19. The topological polar surface area (TPSA) is 24.1 Å². The van der Waals surface area contributed by atoms with Crippen LogP contribution in [0.15, 0.2) is 18.2 Å². The Hall–Kier alpha value is -1.00. The van der Waals surface area contributed by atoms with Crippen LogP contribution in [0.3, 0.4) is 0 Å². The summed E-state index contributed by atoms with van der Waals surface area (Å²) in [4.78, 5) is 0. The zero-order chi connectivity index (χ0) is 11.8. The van der Waals surface area contributed by atoms with E-state index >= 15 is 0 Å². The SMILES string of the molecule is CCCNCCNCc1ccc(F)c(F)c1. The van der Waals surface area contributed by atoms with E-state index in [4.69, 9.17) is 0 Å². The van der Waals surface area contributed by atoms with Gasteiger partial charge in [-0.3, -0.25) is 0 Å². The predicted molar refractivity (Wildman–Crippen MR) is 61.2 cm³/mol. The van der Waals surface area contributed by atoms with Crippen LogP contribution in [-0.4, -0.2) is 19.6 Å². The highest BCUT2D eigenvalue weighted by atomic mass is 19.2. The van der Waals surface area contributed by atoms with Crippen LogP contribution in [-0.2, 0) is 6.54 Å². The maximum absolute atomic E-state index is 12.8. The van der Waals surface area contributed by atoms with Crippen LogP contribution in [0.5, 0.6) is 0 Å². The van der Waals surface area contributed by atoms with Gasteiger partial charge in [0.15, 0.2) is 11.6 Å². The van der Waals surface area contributed by atoms with Crippen LogP contribution in [0.2, 0.25) is 0 Å². The number of nitrogens with one attached hydrogen (secondary N) is 2. The van der Waals surface area contributed by atoms with Crippen molar-refractivity contribution in [2.75, 3.05) is 19.6 Å². The van der Waals surface area contributed by atoms with Crippen molar-refractivity contribution >= 4 is 0 Å². The molecule has 0 radical (unpaired) electrons. The Labute approximate surface area is 95.1 Å². The first-order chi connectivity index (χ1) is 7.74. The van der Waals surface area contributed by atoms with E-state index in [1.807, 2.05) is 0 Å². The molecule has 0 aromatic heterocycles. The van der Waals surface area contributed by atoms with Gasteiger partial charge in [0, 0.05) is 19.6 Å². The van der Waals surface area contributed by atoms with E-state index in [0.29, 0.717) is 6.54 Å². The molecule has 0 aliphatic heterocycles. The molecule has 0 unspecified atom stereocenters. The fourth-order valence-corrected chi connectivity index (χ4v) is 1.36. The fraction of sp³-hybridized carbons (Fsp3) is 0.500. The number of hydrogen-bond acceptors (Lipinski definition) is 2. The second-order valence-electron chi connectivity index (χ2n) is 3.68. The Morgan fingerprint density at radius 1 is 1.00 bits per heavy atom. The van der Waals surface area contributed by atoms with Crippen molar-refractivity contribution in [3.05, 3.63) is 35.4 Å². The molecule has 4 heteroatoms. The van der Waals surface area contributed by atoms with Crippen molar-refractivity contribution in [1.29, 1.82) is 0 Å². The molecule has 0 heterocycles. The highest BCUT2D eigenvalue weighted by molar-refractivity contribution is 5.17. The average Bonchev–Trinajstić information content (AvgIpc) is 2.28. The standard InChI is InChI=1S/C12H18F2N2/c1-2-5-15-6-7-16-9-10-3-4-11(13)12(14)8-10/h3-4,8,15-16H,2,5-7,9H2,1H3. The van der Waals surface area contributed by atoms with Gasteiger partial charge in [0.1, 0.15) is 0 Å². The van der Waals surface area contributed by atoms with Crippen molar-refractivity contribution in [2.45, 2.75) is 19.9 Å². The Morgan fingerprint density at radius 3 is 2.44 bits per heavy atom. The Kier molecular flexibility index (Phi) is 5.96. The summed E-state index contributed by atoms with van der Waals surface area (Å²) in [6.45, 7) is 5.39. The van der Waals surface area contributed by atoms with E-state index in [1.54, 1.807) is 6.07 Å². The van der Waals surface area contributed by atoms with Crippen LogP contribution in [0.1, 0.15) is 18.9 Å². The van der Waals surface area contributed by atoms with Gasteiger partial charge in [-0.25, -0.2) is 8.78 Å². The predicted octanol–water partition coefficient (Wildman–Crippen LogP) is 2.05. The third-order valence-electron chi connectivity index (χ3n) is 2.22. The molecule has 0 saturated heterocycles. The van der Waals surface area contributed by atoms with Gasteiger partial charge in [-0.05, 0) is 30.7 Å². The lowest BCUT2D eigenvalue weighted by atomic mass is 10.2. The molecule has 16 heavy (non-hydrogen) atoms. The Morgan fingerprint density at radius 2 is 1.75 bits per heavy atom. The van der Waals surface area contributed by atoms with E-state index in [2.05, 4.69) is 17.6 Å². The van der Waals surface area contributed by atoms with E-state index in [1.165, 1.54) is 6.07 Å². The lowest BCUT2D eigenvalue weighted by Crippen LogP contribution is -2.27. The molecule has 1 rings (SSSR count). The first-order valence-corrected chi connectivity index (χ1v) is 5.59. The van der Waals surface area contributed by atoms with Crippen LogP contribution in [0.4, 0.5) is 8.78 Å². The second kappa shape index (κ2) is 7.30. The minimum Gasteiger partial charge on any atom is -0.315 e. The zero-order valence-corrected chi connectivity index (χ0v) is 9.52. The quantitative estimate of drug-likeness (QED) is 0.698. The monoisotopic (exact) mass is 228 g/mol. The smallest absolute Gasteiger partial charge is 0.159 e. The molecule has 2 nitrogen and oxygen atoms in total. The minimum atomic E-state index is -0.798. The molecule has 0 spiro atoms. The highest BCUT2D eigenvalue weighted by Crippen LogP contribution is 2.07. The summed E-state index contributed by atoms with van der Waals surface area (Å²) in [5, 5.41) is 6.40. The lowest BCUT2D eigenvalue weighted by molar-refractivity contribution is 0.505. The normalized spacial score (nSPS) is 10.7. The van der Waals surface area contributed by atoms with Gasteiger partial charge in [0.2, 0.25) is 0 Å². The third kappa shape index (κ3) is 4.68. The lowest BCUT2D eigenvalue weighted by Gasteiger charge is -2.06. The zero-order valence-electron chi connectivity index (χ0n) is 9.52. The maximum Gasteiger partial charge on any atom is 0.159 e. The molecule has 0 atom stereocenters. The number of hydrogen-bond donors (Lipinski definition) is 2. The van der Waals surface area contributed by atoms with Crippen molar-refractivity contribution in [3.63, 3.8) is 0 Å². The summed E-state index contributed by atoms with van der Waals surface area (Å²) in [6, 6.07) is 3.97. The van der Waals surface area contributed by atoms with Gasteiger partial charge >= 0.3 is 0 Å². The summed E-state index contributed by atoms with van der Waals surface area (Å²) >= 11 is 0. The van der Waals surface area contributed by atoms with Gasteiger partial charge in [0.25, 0.3) is 0 Å². The van der Waals surface area contributed by atoms with E-state index in [9.17, 15) is 8.78 Å². The van der Waals surface area contributed by atoms with Gasteiger partial charge in [-0.1, -0.05) is 13.0 Å². The van der Waals surface area contributed by atoms with Crippen molar-refractivity contribution in [3.8, 4) is 0 Å². The van der Waals surface area contributed by atoms with E-state index < -0.39 is 11.6 Å². The van der Waals surface area contributed by atoms with Crippen molar-refractivity contribution < 1.29 is 8.78 Å². The largest absolute Gasteiger partial charge is 0.315 e. The first kappa shape index (κ1) is 13.1. The van der Waals surface area contributed by atoms with Gasteiger partial charge in [0.05, 0.1) is 0 Å². The summed E-state index contributed by atoms with van der Waals surface area (Å²) in [5.74, 6) is -1.59. The molecule has 2 N–H and O–H groups in total. The molecular formula is C12H18F2N2. The van der Waals surface area contributed by atoms with Crippen molar-refractivity contribution in [1.82, 2.24) is 10.6 Å². The molecule has 0 aliphatic rings.